The molecule has 3 N–H and O–H groups in total. The van der Waals surface area contributed by atoms with Crippen LogP contribution in [0.2, 0.25) is 5.02 Å². The van der Waals surface area contributed by atoms with Gasteiger partial charge in [0.15, 0.2) is 0 Å². The lowest BCUT2D eigenvalue weighted by Crippen LogP contribution is -2.01. The van der Waals surface area contributed by atoms with Crippen LogP contribution in [0.15, 0.2) is 122 Å². The first-order chi connectivity index (χ1) is 23.1. The summed E-state index contributed by atoms with van der Waals surface area (Å²) < 4.78 is 5.72. The monoisotopic (exact) mass is 650 g/mol. The van der Waals surface area contributed by atoms with Crippen molar-refractivity contribution >= 4 is 11.6 Å². The number of aliphatic hydroxyl groups excluding tert-OH is 3. The predicted molar refractivity (Wildman–Crippen MR) is 182 cm³/mol. The molecule has 0 saturated heterocycles. The molecule has 6 heterocycles. The van der Waals surface area contributed by atoms with Gasteiger partial charge in [0.05, 0.1) is 52.2 Å². The van der Waals surface area contributed by atoms with E-state index in [9.17, 15) is 0 Å². The standard InChI is InChI=1S/C18H17N3O2.C15H10ClN3.C3H8O2/c22-10-5-11-23-14-12-17(15-6-1-3-8-19-15)21-18(13-14)16-7-2-4-9-20-16;16-11-9-14(12-5-1-3-7-17-12)19-15(10-11)13-6-2-4-8-18-13;4-2-1-3-5/h1-4,6-9,12-13,22H,5,10-11H2;1-10H;4-5H,1-3H2. The number of halogens is 1. The largest absolute Gasteiger partial charge is 0.493 e. The highest BCUT2D eigenvalue weighted by atomic mass is 35.5. The van der Waals surface area contributed by atoms with Gasteiger partial charge in [-0.15, -0.1) is 0 Å². The maximum absolute atomic E-state index is 8.90. The first kappa shape index (κ1) is 34.7. The molecule has 0 bridgehead atoms. The number of pyridine rings is 6. The predicted octanol–water partition coefficient (Wildman–Crippen LogP) is 6.19. The lowest BCUT2D eigenvalue weighted by Gasteiger charge is -2.10. The molecular formula is C36H35ClN6O4. The van der Waals surface area contributed by atoms with Crippen LogP contribution in [0.4, 0.5) is 0 Å². The summed E-state index contributed by atoms with van der Waals surface area (Å²) >= 11 is 6.15. The minimum atomic E-state index is 0.0938. The Morgan fingerprint density at radius 3 is 1.13 bits per heavy atom. The Bertz CT molecular complexity index is 1630. The molecule has 47 heavy (non-hydrogen) atoms. The van der Waals surface area contributed by atoms with E-state index in [1.165, 1.54) is 0 Å². The second-order valence-electron chi connectivity index (χ2n) is 9.72. The summed E-state index contributed by atoms with van der Waals surface area (Å²) in [4.78, 5) is 26.5. The highest BCUT2D eigenvalue weighted by Gasteiger charge is 2.10. The zero-order chi connectivity index (χ0) is 33.1. The van der Waals surface area contributed by atoms with Crippen LogP contribution < -0.4 is 4.74 Å². The quantitative estimate of drug-likeness (QED) is 0.147. The van der Waals surface area contributed by atoms with Gasteiger partial charge in [0.2, 0.25) is 0 Å². The summed E-state index contributed by atoms with van der Waals surface area (Å²) in [6.07, 6.45) is 8.02. The molecule has 0 fully saturated rings. The molecule has 0 spiro atoms. The number of nitrogens with zero attached hydrogens (tertiary/aromatic N) is 6. The van der Waals surface area contributed by atoms with Crippen molar-refractivity contribution < 1.29 is 20.1 Å². The third-order valence-electron chi connectivity index (χ3n) is 6.19. The molecule has 6 rings (SSSR count). The number of aromatic nitrogens is 6. The zero-order valence-electron chi connectivity index (χ0n) is 25.6. The number of ether oxygens (including phenoxy) is 1. The van der Waals surface area contributed by atoms with E-state index in [2.05, 4.69) is 29.9 Å². The van der Waals surface area contributed by atoms with E-state index in [0.717, 1.165) is 45.6 Å². The van der Waals surface area contributed by atoms with E-state index in [4.69, 9.17) is 31.7 Å². The third kappa shape index (κ3) is 11.3. The van der Waals surface area contributed by atoms with Crippen molar-refractivity contribution in [3.63, 3.8) is 0 Å². The van der Waals surface area contributed by atoms with Gasteiger partial charge in [-0.3, -0.25) is 19.9 Å². The normalized spacial score (nSPS) is 10.2. The van der Waals surface area contributed by atoms with Crippen LogP contribution in [0.5, 0.6) is 5.75 Å². The molecular weight excluding hydrogens is 616 g/mol. The SMILES string of the molecule is Clc1cc(-c2ccccn2)nc(-c2ccccn2)c1.OCCCO.OCCCOc1cc(-c2ccccn2)nc(-c2ccccn2)c1. The average molecular weight is 651 g/mol. The fraction of sp³-hybridized carbons (Fsp3) is 0.167. The van der Waals surface area contributed by atoms with Crippen molar-refractivity contribution in [1.29, 1.82) is 0 Å². The van der Waals surface area contributed by atoms with E-state index < -0.39 is 0 Å². The lowest BCUT2D eigenvalue weighted by molar-refractivity contribution is 0.221. The lowest BCUT2D eigenvalue weighted by atomic mass is 10.2. The Morgan fingerprint density at radius 1 is 0.468 bits per heavy atom. The molecule has 0 unspecified atom stereocenters. The molecule has 0 aliphatic carbocycles. The molecule has 0 aliphatic rings. The Balaban J connectivity index is 0.000000189. The van der Waals surface area contributed by atoms with Crippen LogP contribution >= 0.6 is 11.6 Å². The Kier molecular flexibility index (Phi) is 14.3. The summed E-state index contributed by atoms with van der Waals surface area (Å²) in [5.41, 5.74) is 6.09. The van der Waals surface area contributed by atoms with Crippen molar-refractivity contribution in [3.05, 3.63) is 127 Å². The van der Waals surface area contributed by atoms with E-state index >= 15 is 0 Å². The first-order valence-corrected chi connectivity index (χ1v) is 15.3. The second-order valence-corrected chi connectivity index (χ2v) is 10.2. The van der Waals surface area contributed by atoms with Crippen LogP contribution in [0.25, 0.3) is 45.6 Å². The van der Waals surface area contributed by atoms with Crippen LogP contribution in [-0.2, 0) is 0 Å². The van der Waals surface area contributed by atoms with Gasteiger partial charge in [-0.1, -0.05) is 35.9 Å². The molecule has 6 aromatic rings. The van der Waals surface area contributed by atoms with Crippen molar-refractivity contribution in [2.75, 3.05) is 26.4 Å². The average Bonchev–Trinajstić information content (AvgIpc) is 3.14. The molecule has 240 valence electrons. The highest BCUT2D eigenvalue weighted by molar-refractivity contribution is 6.31. The topological polar surface area (TPSA) is 147 Å². The van der Waals surface area contributed by atoms with Gasteiger partial charge >= 0.3 is 0 Å². The van der Waals surface area contributed by atoms with E-state index in [-0.39, 0.29) is 19.8 Å². The van der Waals surface area contributed by atoms with Crippen molar-refractivity contribution in [2.45, 2.75) is 12.8 Å². The van der Waals surface area contributed by atoms with Crippen molar-refractivity contribution in [1.82, 2.24) is 29.9 Å². The van der Waals surface area contributed by atoms with Crippen LogP contribution in [0.3, 0.4) is 0 Å². The van der Waals surface area contributed by atoms with Crippen LogP contribution in [0, 0.1) is 0 Å². The summed E-state index contributed by atoms with van der Waals surface area (Å²) in [6.45, 7) is 0.738. The van der Waals surface area contributed by atoms with E-state index in [1.807, 2.05) is 84.9 Å². The zero-order valence-corrected chi connectivity index (χ0v) is 26.4. The highest BCUT2D eigenvalue weighted by Crippen LogP contribution is 2.27. The number of aliphatic hydroxyl groups is 3. The maximum atomic E-state index is 8.90. The smallest absolute Gasteiger partial charge is 0.123 e. The third-order valence-corrected chi connectivity index (χ3v) is 6.40. The molecule has 0 radical (unpaired) electrons. The summed E-state index contributed by atoms with van der Waals surface area (Å²) in [6, 6.07) is 30.1. The maximum Gasteiger partial charge on any atom is 0.123 e. The van der Waals surface area contributed by atoms with Crippen LogP contribution in [0.1, 0.15) is 12.8 Å². The minimum absolute atomic E-state index is 0.0938. The fourth-order valence-electron chi connectivity index (χ4n) is 3.99. The van der Waals surface area contributed by atoms with Gasteiger partial charge in [-0.2, -0.15) is 0 Å². The Morgan fingerprint density at radius 2 is 0.830 bits per heavy atom. The number of hydrogen-bond acceptors (Lipinski definition) is 10. The molecule has 0 amide bonds. The van der Waals surface area contributed by atoms with Gasteiger partial charge in [-0.25, -0.2) is 9.97 Å². The van der Waals surface area contributed by atoms with Crippen molar-refractivity contribution in [2.24, 2.45) is 0 Å². The molecule has 10 nitrogen and oxygen atoms in total. The van der Waals surface area contributed by atoms with Gasteiger partial charge in [-0.05, 0) is 67.1 Å². The van der Waals surface area contributed by atoms with E-state index in [0.29, 0.717) is 30.2 Å². The van der Waals surface area contributed by atoms with E-state index in [1.54, 1.807) is 36.9 Å². The summed E-state index contributed by atoms with van der Waals surface area (Å²) in [5, 5.41) is 25.3. The number of hydrogen-bond donors (Lipinski definition) is 3. The van der Waals surface area contributed by atoms with Gasteiger partial charge < -0.3 is 20.1 Å². The minimum Gasteiger partial charge on any atom is -0.493 e. The Labute approximate surface area is 278 Å². The Hall–Kier alpha value is -5.13. The molecule has 6 aromatic heterocycles. The first-order valence-electron chi connectivity index (χ1n) is 14.9. The van der Waals surface area contributed by atoms with Crippen LogP contribution in [-0.4, -0.2) is 71.7 Å². The van der Waals surface area contributed by atoms with Gasteiger partial charge in [0.25, 0.3) is 0 Å². The fourth-order valence-corrected chi connectivity index (χ4v) is 4.20. The van der Waals surface area contributed by atoms with Crippen molar-refractivity contribution in [3.8, 4) is 51.3 Å². The molecule has 0 aliphatic heterocycles. The number of rotatable bonds is 10. The van der Waals surface area contributed by atoms with Gasteiger partial charge in [0.1, 0.15) is 5.75 Å². The summed E-state index contributed by atoms with van der Waals surface area (Å²) in [7, 11) is 0. The molecule has 0 saturated carbocycles. The summed E-state index contributed by atoms with van der Waals surface area (Å²) in [5.74, 6) is 0.690. The molecule has 11 heteroatoms. The second kappa shape index (κ2) is 19.4. The molecule has 0 aromatic carbocycles. The molecule has 0 atom stereocenters. The van der Waals surface area contributed by atoms with Gasteiger partial charge in [0, 0.05) is 68.2 Å².